The number of aromatic nitrogens is 2. The molecule has 0 spiro atoms. The van der Waals surface area contributed by atoms with Crippen LogP contribution in [0.25, 0.3) is 15.9 Å². The lowest BCUT2D eigenvalue weighted by Crippen LogP contribution is -2.23. The lowest BCUT2D eigenvalue weighted by atomic mass is 9.88. The van der Waals surface area contributed by atoms with E-state index in [0.717, 1.165) is 40.7 Å². The number of carbonyl (C=O) groups is 1. The Labute approximate surface area is 171 Å². The largest absolute Gasteiger partial charge is 0.468 e. The number of ether oxygens (including phenoxy) is 1. The minimum absolute atomic E-state index is 0.0486. The van der Waals surface area contributed by atoms with Crippen molar-refractivity contribution in [2.45, 2.75) is 44.2 Å². The van der Waals surface area contributed by atoms with Crippen LogP contribution in [0.3, 0.4) is 0 Å². The van der Waals surface area contributed by atoms with Crippen LogP contribution in [0.5, 0.6) is 0 Å². The van der Waals surface area contributed by atoms with Gasteiger partial charge in [0.15, 0.2) is 5.16 Å². The Morgan fingerprint density at radius 1 is 1.36 bits per heavy atom. The number of rotatable bonds is 4. The van der Waals surface area contributed by atoms with Crippen LogP contribution in [0.4, 0.5) is 0 Å². The van der Waals surface area contributed by atoms with Crippen molar-refractivity contribution >= 4 is 39.3 Å². The van der Waals surface area contributed by atoms with Gasteiger partial charge in [-0.3, -0.25) is 14.2 Å². The van der Waals surface area contributed by atoms with Gasteiger partial charge in [-0.1, -0.05) is 36.4 Å². The first kappa shape index (κ1) is 19.2. The van der Waals surface area contributed by atoms with Gasteiger partial charge in [0.2, 0.25) is 0 Å². The maximum atomic E-state index is 13.6. The molecular formula is C21H22N2O3S2. The number of thiophene rings is 1. The number of benzene rings is 1. The van der Waals surface area contributed by atoms with Crippen molar-refractivity contribution < 1.29 is 9.53 Å². The van der Waals surface area contributed by atoms with E-state index in [1.165, 1.54) is 29.3 Å². The van der Waals surface area contributed by atoms with E-state index in [9.17, 15) is 9.59 Å². The van der Waals surface area contributed by atoms with Gasteiger partial charge in [-0.25, -0.2) is 4.98 Å². The van der Waals surface area contributed by atoms with Crippen LogP contribution in [-0.2, 0) is 16.0 Å². The molecule has 0 aliphatic heterocycles. The summed E-state index contributed by atoms with van der Waals surface area (Å²) in [6.07, 6.45) is 3.26. The number of hydrogen-bond acceptors (Lipinski definition) is 6. The molecule has 0 saturated carbocycles. The van der Waals surface area contributed by atoms with E-state index in [-0.39, 0.29) is 17.3 Å². The lowest BCUT2D eigenvalue weighted by molar-refractivity contribution is -0.137. The first-order chi connectivity index (χ1) is 13.5. The molecule has 0 unspecified atom stereocenters. The van der Waals surface area contributed by atoms with E-state index in [4.69, 9.17) is 9.72 Å². The first-order valence-corrected chi connectivity index (χ1v) is 11.1. The van der Waals surface area contributed by atoms with Crippen molar-refractivity contribution in [2.75, 3.05) is 12.9 Å². The number of nitrogens with zero attached hydrogens (tertiary/aromatic N) is 2. The molecule has 0 fully saturated rings. The van der Waals surface area contributed by atoms with Crippen molar-refractivity contribution in [2.24, 2.45) is 0 Å². The van der Waals surface area contributed by atoms with Crippen molar-refractivity contribution in [3.8, 4) is 5.69 Å². The Balaban J connectivity index is 1.95. The van der Waals surface area contributed by atoms with Gasteiger partial charge in [0, 0.05) is 4.88 Å². The molecular weight excluding hydrogens is 392 g/mol. The molecule has 0 bridgehead atoms. The quantitative estimate of drug-likeness (QED) is 0.358. The predicted molar refractivity (Wildman–Crippen MR) is 114 cm³/mol. The van der Waals surface area contributed by atoms with E-state index in [1.54, 1.807) is 15.9 Å². The molecule has 1 aliphatic rings. The second-order valence-electron chi connectivity index (χ2n) is 7.15. The molecule has 7 heteroatoms. The highest BCUT2D eigenvalue weighted by molar-refractivity contribution is 7.99. The van der Waals surface area contributed by atoms with Gasteiger partial charge in [0.1, 0.15) is 4.83 Å². The van der Waals surface area contributed by atoms with Gasteiger partial charge in [-0.2, -0.15) is 0 Å². The normalized spacial score (nSPS) is 16.2. The summed E-state index contributed by atoms with van der Waals surface area (Å²) in [4.78, 5) is 32.2. The fourth-order valence-electron chi connectivity index (χ4n) is 3.72. The summed E-state index contributed by atoms with van der Waals surface area (Å²) in [5, 5.41) is 1.27. The maximum Gasteiger partial charge on any atom is 0.316 e. The van der Waals surface area contributed by atoms with Crippen LogP contribution in [0.15, 0.2) is 34.2 Å². The standard InChI is InChI=1S/C21H22N2O3S2/c1-12-7-9-14(10-8-12)23-20(25)18-17-13(2)5-4-6-15(17)28-19(18)22-21(23)27-11-16(24)26-3/h7-10,13H,4-6,11H2,1-3H3/t13-/m0/s1. The maximum absolute atomic E-state index is 13.6. The number of fused-ring (bicyclic) bond motifs is 3. The molecule has 0 saturated heterocycles. The summed E-state index contributed by atoms with van der Waals surface area (Å²) >= 11 is 2.86. The summed E-state index contributed by atoms with van der Waals surface area (Å²) in [5.41, 5.74) is 3.01. The van der Waals surface area contributed by atoms with Crippen molar-refractivity contribution in [3.05, 3.63) is 50.6 Å². The Hall–Kier alpha value is -2.12. The molecule has 0 radical (unpaired) electrons. The zero-order valence-corrected chi connectivity index (χ0v) is 17.8. The molecule has 146 valence electrons. The summed E-state index contributed by atoms with van der Waals surface area (Å²) in [6, 6.07) is 7.81. The lowest BCUT2D eigenvalue weighted by Gasteiger charge is -2.19. The topological polar surface area (TPSA) is 61.2 Å². The summed E-state index contributed by atoms with van der Waals surface area (Å²) in [6.45, 7) is 4.21. The zero-order valence-electron chi connectivity index (χ0n) is 16.2. The SMILES string of the molecule is COC(=O)CSc1nc2sc3c(c2c(=O)n1-c1ccc(C)cc1)[C@@H](C)CCC3. The van der Waals surface area contributed by atoms with Crippen LogP contribution in [0.1, 0.15) is 41.7 Å². The van der Waals surface area contributed by atoms with Crippen LogP contribution >= 0.6 is 23.1 Å². The van der Waals surface area contributed by atoms with Gasteiger partial charge >= 0.3 is 5.97 Å². The van der Waals surface area contributed by atoms with Crippen LogP contribution in [-0.4, -0.2) is 28.4 Å². The van der Waals surface area contributed by atoms with E-state index >= 15 is 0 Å². The third kappa shape index (κ3) is 3.37. The van der Waals surface area contributed by atoms with Crippen molar-refractivity contribution in [3.63, 3.8) is 0 Å². The van der Waals surface area contributed by atoms with Gasteiger partial charge < -0.3 is 4.74 Å². The van der Waals surface area contributed by atoms with Crippen LogP contribution in [0.2, 0.25) is 0 Å². The average Bonchev–Trinajstić information content (AvgIpc) is 3.07. The molecule has 0 N–H and O–H groups in total. The van der Waals surface area contributed by atoms with E-state index in [1.807, 2.05) is 31.2 Å². The molecule has 5 nitrogen and oxygen atoms in total. The third-order valence-electron chi connectivity index (χ3n) is 5.18. The minimum Gasteiger partial charge on any atom is -0.468 e. The molecule has 3 aromatic rings. The second kappa shape index (κ2) is 7.72. The first-order valence-electron chi connectivity index (χ1n) is 9.34. The molecule has 1 aromatic carbocycles. The monoisotopic (exact) mass is 414 g/mol. The Morgan fingerprint density at radius 3 is 2.82 bits per heavy atom. The highest BCUT2D eigenvalue weighted by Crippen LogP contribution is 2.40. The molecule has 0 amide bonds. The molecule has 2 aromatic heterocycles. The smallest absolute Gasteiger partial charge is 0.316 e. The number of carbonyl (C=O) groups excluding carboxylic acids is 1. The van der Waals surface area contributed by atoms with E-state index < -0.39 is 0 Å². The Bertz CT molecular complexity index is 1100. The minimum atomic E-state index is -0.339. The second-order valence-corrected chi connectivity index (χ2v) is 9.17. The molecule has 28 heavy (non-hydrogen) atoms. The Kier molecular flexibility index (Phi) is 5.29. The summed E-state index contributed by atoms with van der Waals surface area (Å²) < 4.78 is 6.40. The van der Waals surface area contributed by atoms with Gasteiger partial charge in [-0.05, 0) is 49.8 Å². The highest BCUT2D eigenvalue weighted by atomic mass is 32.2. The number of thioether (sulfide) groups is 1. The van der Waals surface area contributed by atoms with Crippen molar-refractivity contribution in [1.29, 1.82) is 0 Å². The number of methoxy groups -OCH3 is 1. The molecule has 1 atom stereocenters. The summed E-state index contributed by atoms with van der Waals surface area (Å²) in [5.74, 6) is 0.142. The predicted octanol–water partition coefficient (Wildman–Crippen LogP) is 4.46. The van der Waals surface area contributed by atoms with Gasteiger partial charge in [0.05, 0.1) is 23.9 Å². The molecule has 1 aliphatic carbocycles. The highest BCUT2D eigenvalue weighted by Gasteiger charge is 2.26. The number of aryl methyl sites for hydroxylation is 2. The molecule has 2 heterocycles. The Morgan fingerprint density at radius 2 is 2.11 bits per heavy atom. The number of hydrogen-bond donors (Lipinski definition) is 0. The summed E-state index contributed by atoms with van der Waals surface area (Å²) in [7, 11) is 1.36. The van der Waals surface area contributed by atoms with E-state index in [0.29, 0.717) is 11.1 Å². The van der Waals surface area contributed by atoms with Crippen LogP contribution < -0.4 is 5.56 Å². The average molecular weight is 415 g/mol. The fraction of sp³-hybridized carbons (Fsp3) is 0.381. The fourth-order valence-corrected chi connectivity index (χ4v) is 5.94. The van der Waals surface area contributed by atoms with Crippen molar-refractivity contribution in [1.82, 2.24) is 9.55 Å². The van der Waals surface area contributed by atoms with E-state index in [2.05, 4.69) is 6.92 Å². The van der Waals surface area contributed by atoms with Crippen LogP contribution in [0, 0.1) is 6.92 Å². The van der Waals surface area contributed by atoms with Gasteiger partial charge in [-0.15, -0.1) is 11.3 Å². The molecule has 4 rings (SSSR count). The van der Waals surface area contributed by atoms with Gasteiger partial charge in [0.25, 0.3) is 5.56 Å². The zero-order chi connectivity index (χ0) is 19.8. The number of esters is 1. The third-order valence-corrected chi connectivity index (χ3v) is 7.25.